The van der Waals surface area contributed by atoms with E-state index in [1.54, 1.807) is 0 Å². The standard InChI is InChI=1S/C17H24ClF2N3O2/c1-17(2,25)14(20)9-22-16(24)12-8-21-15(18)7-13(12)23-11-5-3-4-10(19)6-11/h7-8,10-11,14,25H,3-6,9H2,1-2H3,(H,21,23)(H,22,24)/t10?,11-,14?/m0/s1. The molecule has 0 radical (unpaired) electrons. The number of anilines is 1. The van der Waals surface area contributed by atoms with Crippen molar-refractivity contribution in [1.29, 1.82) is 0 Å². The number of hydrogen-bond acceptors (Lipinski definition) is 4. The van der Waals surface area contributed by atoms with Crippen molar-refractivity contribution in [3.8, 4) is 0 Å². The predicted octanol–water partition coefficient (Wildman–Crippen LogP) is 3.27. The Labute approximate surface area is 151 Å². The predicted molar refractivity (Wildman–Crippen MR) is 93.5 cm³/mol. The molecule has 1 heterocycles. The zero-order chi connectivity index (χ0) is 18.6. The van der Waals surface area contributed by atoms with Gasteiger partial charge in [0.2, 0.25) is 0 Å². The largest absolute Gasteiger partial charge is 0.387 e. The molecule has 1 amide bonds. The molecule has 5 nitrogen and oxygen atoms in total. The second kappa shape index (κ2) is 8.27. The molecule has 0 spiro atoms. The SMILES string of the molecule is CC(C)(O)C(F)CNC(=O)c1cnc(Cl)cc1N[C@H]1CCCC(F)C1. The smallest absolute Gasteiger partial charge is 0.255 e. The zero-order valence-electron chi connectivity index (χ0n) is 14.4. The van der Waals surface area contributed by atoms with Gasteiger partial charge in [-0.15, -0.1) is 0 Å². The average molecular weight is 376 g/mol. The van der Waals surface area contributed by atoms with Gasteiger partial charge in [-0.3, -0.25) is 4.79 Å². The lowest BCUT2D eigenvalue weighted by Gasteiger charge is -2.27. The minimum Gasteiger partial charge on any atom is -0.387 e. The van der Waals surface area contributed by atoms with Crippen LogP contribution in [0.25, 0.3) is 0 Å². The first kappa shape index (κ1) is 19.8. The summed E-state index contributed by atoms with van der Waals surface area (Å²) in [7, 11) is 0. The molecule has 8 heteroatoms. The highest BCUT2D eigenvalue weighted by molar-refractivity contribution is 6.29. The van der Waals surface area contributed by atoms with E-state index in [2.05, 4.69) is 15.6 Å². The number of amides is 1. The molecule has 1 aliphatic carbocycles. The van der Waals surface area contributed by atoms with Gasteiger partial charge in [0.15, 0.2) is 0 Å². The van der Waals surface area contributed by atoms with Crippen LogP contribution in [-0.2, 0) is 0 Å². The Morgan fingerprint density at radius 3 is 2.88 bits per heavy atom. The zero-order valence-corrected chi connectivity index (χ0v) is 15.1. The molecular formula is C17H24ClF2N3O2. The number of carbonyl (C=O) groups is 1. The molecule has 0 saturated heterocycles. The van der Waals surface area contributed by atoms with Crippen molar-refractivity contribution in [2.45, 2.75) is 63.5 Å². The van der Waals surface area contributed by atoms with Crippen LogP contribution < -0.4 is 10.6 Å². The summed E-state index contributed by atoms with van der Waals surface area (Å²) in [6, 6.07) is 1.40. The molecule has 0 bridgehead atoms. The number of carbonyl (C=O) groups excluding carboxylic acids is 1. The fourth-order valence-corrected chi connectivity index (χ4v) is 2.90. The van der Waals surface area contributed by atoms with E-state index in [9.17, 15) is 18.7 Å². The first-order chi connectivity index (χ1) is 11.7. The Hall–Kier alpha value is -1.47. The summed E-state index contributed by atoms with van der Waals surface area (Å²) in [5.41, 5.74) is -0.909. The highest BCUT2D eigenvalue weighted by Gasteiger charge is 2.28. The van der Waals surface area contributed by atoms with Gasteiger partial charge in [0.05, 0.1) is 23.4 Å². The second-order valence-electron chi connectivity index (χ2n) is 6.99. The van der Waals surface area contributed by atoms with Crippen LogP contribution in [0.5, 0.6) is 0 Å². The normalized spacial score (nSPS) is 22.3. The number of nitrogens with one attached hydrogen (secondary N) is 2. The highest BCUT2D eigenvalue weighted by atomic mass is 35.5. The number of hydrogen-bond donors (Lipinski definition) is 3. The highest BCUT2D eigenvalue weighted by Crippen LogP contribution is 2.27. The summed E-state index contributed by atoms with van der Waals surface area (Å²) in [6.07, 6.45) is 1.32. The molecule has 25 heavy (non-hydrogen) atoms. The van der Waals surface area contributed by atoms with Gasteiger partial charge in [0.1, 0.15) is 17.5 Å². The number of aliphatic hydroxyl groups is 1. The molecule has 0 aromatic carbocycles. The summed E-state index contributed by atoms with van der Waals surface area (Å²) < 4.78 is 27.4. The maximum atomic E-state index is 13.8. The molecule has 1 aromatic heterocycles. The molecule has 2 rings (SSSR count). The first-order valence-electron chi connectivity index (χ1n) is 8.37. The van der Waals surface area contributed by atoms with E-state index in [1.165, 1.54) is 26.1 Å². The number of pyridine rings is 1. The minimum absolute atomic E-state index is 0.0981. The molecule has 1 fully saturated rings. The van der Waals surface area contributed by atoms with Crippen LogP contribution in [0.4, 0.5) is 14.5 Å². The van der Waals surface area contributed by atoms with Crippen molar-refractivity contribution in [3.05, 3.63) is 23.0 Å². The summed E-state index contributed by atoms with van der Waals surface area (Å²) in [4.78, 5) is 16.2. The number of aromatic nitrogens is 1. The summed E-state index contributed by atoms with van der Waals surface area (Å²) in [5, 5.41) is 15.4. The number of halogens is 3. The maximum Gasteiger partial charge on any atom is 0.255 e. The van der Waals surface area contributed by atoms with Gasteiger partial charge in [0, 0.05) is 12.2 Å². The lowest BCUT2D eigenvalue weighted by molar-refractivity contribution is -0.00177. The van der Waals surface area contributed by atoms with Crippen molar-refractivity contribution in [3.63, 3.8) is 0 Å². The van der Waals surface area contributed by atoms with Crippen LogP contribution in [0.15, 0.2) is 12.3 Å². The lowest BCUT2D eigenvalue weighted by atomic mass is 9.93. The van der Waals surface area contributed by atoms with Gasteiger partial charge < -0.3 is 15.7 Å². The van der Waals surface area contributed by atoms with E-state index >= 15 is 0 Å². The fourth-order valence-electron chi connectivity index (χ4n) is 2.74. The third-order valence-electron chi connectivity index (χ3n) is 4.29. The van der Waals surface area contributed by atoms with Crippen LogP contribution in [0.3, 0.4) is 0 Å². The van der Waals surface area contributed by atoms with Gasteiger partial charge in [-0.25, -0.2) is 13.8 Å². The van der Waals surface area contributed by atoms with Crippen LogP contribution in [0.1, 0.15) is 49.9 Å². The van der Waals surface area contributed by atoms with Gasteiger partial charge >= 0.3 is 0 Å². The number of rotatable bonds is 6. The Morgan fingerprint density at radius 2 is 2.24 bits per heavy atom. The Bertz CT molecular complexity index is 610. The molecule has 2 unspecified atom stereocenters. The summed E-state index contributed by atoms with van der Waals surface area (Å²) >= 11 is 5.91. The third kappa shape index (κ3) is 5.78. The van der Waals surface area contributed by atoms with E-state index in [0.717, 1.165) is 12.8 Å². The quantitative estimate of drug-likeness (QED) is 0.667. The summed E-state index contributed by atoms with van der Waals surface area (Å²) in [5.74, 6) is -0.536. The van der Waals surface area contributed by atoms with Crippen molar-refractivity contribution in [2.75, 3.05) is 11.9 Å². The monoisotopic (exact) mass is 375 g/mol. The fraction of sp³-hybridized carbons (Fsp3) is 0.647. The van der Waals surface area contributed by atoms with E-state index in [4.69, 9.17) is 11.6 Å². The van der Waals surface area contributed by atoms with Crippen molar-refractivity contribution < 1.29 is 18.7 Å². The van der Waals surface area contributed by atoms with Crippen molar-refractivity contribution in [1.82, 2.24) is 10.3 Å². The van der Waals surface area contributed by atoms with Crippen LogP contribution in [0.2, 0.25) is 5.15 Å². The maximum absolute atomic E-state index is 13.8. The van der Waals surface area contributed by atoms with Crippen molar-refractivity contribution in [2.24, 2.45) is 0 Å². The first-order valence-corrected chi connectivity index (χ1v) is 8.75. The molecule has 1 aliphatic rings. The molecule has 1 aromatic rings. The number of nitrogens with zero attached hydrogens (tertiary/aromatic N) is 1. The molecule has 3 atom stereocenters. The Morgan fingerprint density at radius 1 is 1.52 bits per heavy atom. The summed E-state index contributed by atoms with van der Waals surface area (Å²) in [6.45, 7) is 2.33. The van der Waals surface area contributed by atoms with E-state index in [1.807, 2.05) is 0 Å². The van der Waals surface area contributed by atoms with Crippen LogP contribution >= 0.6 is 11.6 Å². The topological polar surface area (TPSA) is 74.2 Å². The van der Waals surface area contributed by atoms with Gasteiger partial charge in [-0.05, 0) is 45.6 Å². The van der Waals surface area contributed by atoms with Gasteiger partial charge in [0.25, 0.3) is 5.91 Å². The molecular weight excluding hydrogens is 352 g/mol. The van der Waals surface area contributed by atoms with E-state index < -0.39 is 23.9 Å². The van der Waals surface area contributed by atoms with E-state index in [-0.39, 0.29) is 23.3 Å². The molecule has 0 aliphatic heterocycles. The van der Waals surface area contributed by atoms with E-state index in [0.29, 0.717) is 18.5 Å². The molecule has 1 saturated carbocycles. The minimum atomic E-state index is -1.61. The Kier molecular flexibility index (Phi) is 6.57. The Balaban J connectivity index is 2.08. The third-order valence-corrected chi connectivity index (χ3v) is 4.50. The van der Waals surface area contributed by atoms with Crippen molar-refractivity contribution >= 4 is 23.2 Å². The van der Waals surface area contributed by atoms with Crippen LogP contribution in [-0.4, -0.2) is 46.5 Å². The van der Waals surface area contributed by atoms with Gasteiger partial charge in [-0.2, -0.15) is 0 Å². The van der Waals surface area contributed by atoms with Gasteiger partial charge in [-0.1, -0.05) is 11.6 Å². The average Bonchev–Trinajstić information content (AvgIpc) is 2.51. The van der Waals surface area contributed by atoms with Crippen LogP contribution in [0, 0.1) is 0 Å². The lowest BCUT2D eigenvalue weighted by Crippen LogP contribution is -2.42. The molecule has 140 valence electrons. The molecule has 3 N–H and O–H groups in total. The number of alkyl halides is 2. The second-order valence-corrected chi connectivity index (χ2v) is 7.38.